The van der Waals surface area contributed by atoms with Gasteiger partial charge >= 0.3 is 5.97 Å². The van der Waals surface area contributed by atoms with Gasteiger partial charge in [-0.1, -0.05) is 18.2 Å². The number of rotatable bonds is 4. The molecule has 0 saturated carbocycles. The largest absolute Gasteiger partial charge is 0.447 e. The summed E-state index contributed by atoms with van der Waals surface area (Å²) >= 11 is 0. The molecule has 1 rings (SSSR count). The minimum Gasteiger partial charge on any atom is -0.447 e. The maximum Gasteiger partial charge on any atom is 0.314 e. The van der Waals surface area contributed by atoms with Crippen LogP contribution < -0.4 is 0 Å². The molecule has 0 radical (unpaired) electrons. The molecule has 0 fully saturated rings. The van der Waals surface area contributed by atoms with Crippen LogP contribution in [0.2, 0.25) is 0 Å². The molecule has 0 aromatic heterocycles. The maximum atomic E-state index is 11.9. The van der Waals surface area contributed by atoms with Gasteiger partial charge in [0.15, 0.2) is 6.10 Å². The van der Waals surface area contributed by atoms with Crippen molar-refractivity contribution in [3.63, 3.8) is 0 Å². The summed E-state index contributed by atoms with van der Waals surface area (Å²) in [6.45, 7) is 11.1. The Morgan fingerprint density at radius 3 is 2.94 bits per heavy atom. The Hall–Kier alpha value is -1.82. The van der Waals surface area contributed by atoms with Crippen molar-refractivity contribution in [1.29, 1.82) is 5.26 Å². The Labute approximate surface area is 102 Å². The highest BCUT2D eigenvalue weighted by molar-refractivity contribution is 5.79. The molecule has 0 bridgehead atoms. The molecule has 0 aromatic carbocycles. The van der Waals surface area contributed by atoms with E-state index in [1.54, 1.807) is 13.0 Å². The first-order valence-electron chi connectivity index (χ1n) is 5.60. The van der Waals surface area contributed by atoms with Crippen molar-refractivity contribution >= 4 is 5.97 Å². The van der Waals surface area contributed by atoms with E-state index in [9.17, 15) is 4.79 Å². The second-order valence-electron chi connectivity index (χ2n) is 4.21. The fourth-order valence-corrected chi connectivity index (χ4v) is 1.97. The van der Waals surface area contributed by atoms with Crippen molar-refractivity contribution in [3.05, 3.63) is 36.0 Å². The first kappa shape index (κ1) is 13.2. The van der Waals surface area contributed by atoms with Gasteiger partial charge in [-0.05, 0) is 37.8 Å². The molecule has 17 heavy (non-hydrogen) atoms. The van der Waals surface area contributed by atoms with E-state index >= 15 is 0 Å². The maximum absolute atomic E-state index is 11.9. The van der Waals surface area contributed by atoms with Gasteiger partial charge in [-0.15, -0.1) is 6.58 Å². The summed E-state index contributed by atoms with van der Waals surface area (Å²) in [6.07, 6.45) is 2.31. The highest BCUT2D eigenvalue weighted by Crippen LogP contribution is 2.38. The van der Waals surface area contributed by atoms with E-state index in [0.717, 1.165) is 16.7 Å². The van der Waals surface area contributed by atoms with Crippen LogP contribution in [0.4, 0.5) is 0 Å². The Bertz CT molecular complexity index is 426. The molecule has 0 spiro atoms. The van der Waals surface area contributed by atoms with Crippen LogP contribution in [0.15, 0.2) is 36.0 Å². The average Bonchev–Trinajstić information content (AvgIpc) is 2.57. The van der Waals surface area contributed by atoms with Crippen LogP contribution in [0.1, 0.15) is 26.7 Å². The predicted octanol–water partition coefficient (Wildman–Crippen LogP) is 2.91. The topological polar surface area (TPSA) is 50.1 Å². The van der Waals surface area contributed by atoms with Gasteiger partial charge in [0.1, 0.15) is 6.07 Å². The van der Waals surface area contributed by atoms with Crippen molar-refractivity contribution in [1.82, 2.24) is 0 Å². The van der Waals surface area contributed by atoms with E-state index in [1.165, 1.54) is 0 Å². The van der Waals surface area contributed by atoms with E-state index in [2.05, 4.69) is 13.2 Å². The number of nitriles is 1. The number of ether oxygens (including phenoxy) is 1. The minimum atomic E-state index is -0.707. The zero-order valence-electron chi connectivity index (χ0n) is 10.3. The standard InChI is InChI=1S/C14H17NO2/c1-5-6-12-11(4)9(2)7-13(12)14(16)17-10(3)8-15/h5,10,13H,1-2,6-7H2,3-4H3. The summed E-state index contributed by atoms with van der Waals surface area (Å²) in [6, 6.07) is 1.89. The quantitative estimate of drug-likeness (QED) is 0.552. The normalized spacial score (nSPS) is 21.0. The molecule has 2 atom stereocenters. The molecule has 0 aromatic rings. The summed E-state index contributed by atoms with van der Waals surface area (Å²) < 4.78 is 5.05. The SMILES string of the molecule is C=CCC1=C(C)C(=C)CC1C(=O)OC(C)C#N. The molecular formula is C14H17NO2. The van der Waals surface area contributed by atoms with Gasteiger partial charge in [-0.2, -0.15) is 5.26 Å². The third-order valence-electron chi connectivity index (χ3n) is 3.01. The van der Waals surface area contributed by atoms with E-state index < -0.39 is 6.10 Å². The van der Waals surface area contributed by atoms with Crippen LogP contribution in [0, 0.1) is 17.2 Å². The Balaban J connectivity index is 2.85. The highest BCUT2D eigenvalue weighted by Gasteiger charge is 2.32. The summed E-state index contributed by atoms with van der Waals surface area (Å²) in [4.78, 5) is 11.9. The molecule has 3 nitrogen and oxygen atoms in total. The van der Waals surface area contributed by atoms with Gasteiger partial charge in [-0.25, -0.2) is 0 Å². The van der Waals surface area contributed by atoms with Crippen LogP contribution in [0.3, 0.4) is 0 Å². The number of allylic oxidation sites excluding steroid dienone is 3. The molecule has 3 heteroatoms. The molecule has 0 N–H and O–H groups in total. The summed E-state index contributed by atoms with van der Waals surface area (Å²) in [5, 5.41) is 8.63. The first-order valence-corrected chi connectivity index (χ1v) is 5.60. The molecule has 0 aliphatic heterocycles. The highest BCUT2D eigenvalue weighted by atomic mass is 16.5. The van der Waals surface area contributed by atoms with Crippen LogP contribution in [0.5, 0.6) is 0 Å². The fourth-order valence-electron chi connectivity index (χ4n) is 1.97. The molecule has 0 saturated heterocycles. The lowest BCUT2D eigenvalue weighted by molar-refractivity contribution is -0.149. The Morgan fingerprint density at radius 1 is 1.76 bits per heavy atom. The average molecular weight is 231 g/mol. The van der Waals surface area contributed by atoms with E-state index in [0.29, 0.717) is 12.8 Å². The summed E-state index contributed by atoms with van der Waals surface area (Å²) in [5.41, 5.74) is 3.05. The first-order chi connectivity index (χ1) is 8.01. The van der Waals surface area contributed by atoms with Gasteiger partial charge in [0.2, 0.25) is 0 Å². The lowest BCUT2D eigenvalue weighted by Gasteiger charge is -2.14. The summed E-state index contributed by atoms with van der Waals surface area (Å²) in [5.74, 6) is -0.634. The zero-order valence-corrected chi connectivity index (χ0v) is 10.3. The second kappa shape index (κ2) is 5.49. The number of carbonyl (C=O) groups excluding carboxylic acids is 1. The molecule has 1 aliphatic carbocycles. The van der Waals surface area contributed by atoms with Crippen molar-refractivity contribution in [2.24, 2.45) is 5.92 Å². The molecule has 0 heterocycles. The third kappa shape index (κ3) is 2.85. The number of hydrogen-bond acceptors (Lipinski definition) is 3. The van der Waals surface area contributed by atoms with Crippen LogP contribution >= 0.6 is 0 Å². The van der Waals surface area contributed by atoms with Gasteiger partial charge in [0, 0.05) is 0 Å². The number of hydrogen-bond donors (Lipinski definition) is 0. The lowest BCUT2D eigenvalue weighted by atomic mass is 9.98. The molecule has 0 amide bonds. The third-order valence-corrected chi connectivity index (χ3v) is 3.01. The van der Waals surface area contributed by atoms with Gasteiger partial charge < -0.3 is 4.74 Å². The second-order valence-corrected chi connectivity index (χ2v) is 4.21. The Morgan fingerprint density at radius 2 is 2.41 bits per heavy atom. The van der Waals surface area contributed by atoms with Crippen molar-refractivity contribution in [3.8, 4) is 6.07 Å². The lowest BCUT2D eigenvalue weighted by Crippen LogP contribution is -2.21. The van der Waals surface area contributed by atoms with E-state index in [1.807, 2.05) is 13.0 Å². The van der Waals surface area contributed by atoms with Crippen molar-refractivity contribution < 1.29 is 9.53 Å². The van der Waals surface area contributed by atoms with E-state index in [-0.39, 0.29) is 11.9 Å². The van der Waals surface area contributed by atoms with Crippen LogP contribution in [0.25, 0.3) is 0 Å². The van der Waals surface area contributed by atoms with Gasteiger partial charge in [0.25, 0.3) is 0 Å². The van der Waals surface area contributed by atoms with Crippen molar-refractivity contribution in [2.45, 2.75) is 32.8 Å². The molecule has 1 aliphatic rings. The van der Waals surface area contributed by atoms with Crippen molar-refractivity contribution in [2.75, 3.05) is 0 Å². The number of esters is 1. The number of carbonyl (C=O) groups is 1. The van der Waals surface area contributed by atoms with E-state index in [4.69, 9.17) is 10.00 Å². The monoisotopic (exact) mass is 231 g/mol. The number of nitrogens with zero attached hydrogens (tertiary/aromatic N) is 1. The molecule has 2 unspecified atom stereocenters. The zero-order chi connectivity index (χ0) is 13.0. The fraction of sp³-hybridized carbons (Fsp3) is 0.429. The van der Waals surface area contributed by atoms with Crippen LogP contribution in [-0.2, 0) is 9.53 Å². The minimum absolute atomic E-state index is 0.295. The van der Waals surface area contributed by atoms with Crippen LogP contribution in [-0.4, -0.2) is 12.1 Å². The molecular weight excluding hydrogens is 214 g/mol. The summed E-state index contributed by atoms with van der Waals surface area (Å²) in [7, 11) is 0. The molecule has 90 valence electrons. The Kier molecular flexibility index (Phi) is 4.28. The van der Waals surface area contributed by atoms with Gasteiger partial charge in [-0.3, -0.25) is 4.79 Å². The predicted molar refractivity (Wildman–Crippen MR) is 65.9 cm³/mol. The van der Waals surface area contributed by atoms with Gasteiger partial charge in [0.05, 0.1) is 5.92 Å². The smallest absolute Gasteiger partial charge is 0.314 e.